The molecule has 4 heteroatoms. The van der Waals surface area contributed by atoms with Gasteiger partial charge in [-0.25, -0.2) is 0 Å². The van der Waals surface area contributed by atoms with Crippen LogP contribution in [-0.2, 0) is 4.79 Å². The van der Waals surface area contributed by atoms with Crippen molar-refractivity contribution in [3.8, 4) is 0 Å². The van der Waals surface area contributed by atoms with Gasteiger partial charge in [0, 0.05) is 18.0 Å². The summed E-state index contributed by atoms with van der Waals surface area (Å²) < 4.78 is 0. The van der Waals surface area contributed by atoms with Crippen LogP contribution in [0, 0.1) is 6.92 Å². The largest absolute Gasteiger partial charge is 0.318 e. The van der Waals surface area contributed by atoms with E-state index in [-0.39, 0.29) is 5.91 Å². The van der Waals surface area contributed by atoms with E-state index in [1.54, 1.807) is 6.21 Å². The van der Waals surface area contributed by atoms with E-state index in [2.05, 4.69) is 10.3 Å². The fraction of sp³-hybridized carbons (Fsp3) is 0.143. The molecular formula is C14H14N2OS. The van der Waals surface area contributed by atoms with Gasteiger partial charge in [0.2, 0.25) is 5.91 Å². The second-order valence-corrected chi connectivity index (χ2v) is 5.09. The highest BCUT2D eigenvalue weighted by atomic mass is 32.1. The molecule has 0 spiro atoms. The molecule has 0 saturated heterocycles. The van der Waals surface area contributed by atoms with Crippen LogP contribution in [0.3, 0.4) is 0 Å². The Kier molecular flexibility index (Phi) is 3.89. The Morgan fingerprint density at radius 1 is 1.22 bits per heavy atom. The monoisotopic (exact) mass is 258 g/mol. The first kappa shape index (κ1) is 12.5. The van der Waals surface area contributed by atoms with Gasteiger partial charge in [0.25, 0.3) is 0 Å². The summed E-state index contributed by atoms with van der Waals surface area (Å²) in [6, 6.07) is 11.8. The number of hydrogen-bond acceptors (Lipinski definition) is 3. The lowest BCUT2D eigenvalue weighted by Gasteiger charge is -1.94. The molecule has 0 bridgehead atoms. The van der Waals surface area contributed by atoms with Gasteiger partial charge >= 0.3 is 0 Å². The van der Waals surface area contributed by atoms with Gasteiger partial charge < -0.3 is 5.32 Å². The summed E-state index contributed by atoms with van der Waals surface area (Å²) in [5.41, 5.74) is 2.15. The molecule has 0 fully saturated rings. The van der Waals surface area contributed by atoms with Gasteiger partial charge in [0.1, 0.15) is 0 Å². The van der Waals surface area contributed by atoms with Crippen molar-refractivity contribution in [3.63, 3.8) is 0 Å². The van der Waals surface area contributed by atoms with Gasteiger partial charge in [-0.05, 0) is 31.2 Å². The van der Waals surface area contributed by atoms with Crippen LogP contribution in [-0.4, -0.2) is 12.1 Å². The average molecular weight is 258 g/mol. The van der Waals surface area contributed by atoms with Crippen molar-refractivity contribution in [1.82, 2.24) is 0 Å². The van der Waals surface area contributed by atoms with Gasteiger partial charge in [-0.15, -0.1) is 11.3 Å². The Hall–Kier alpha value is -1.94. The molecule has 1 aromatic heterocycles. The fourth-order valence-electron chi connectivity index (χ4n) is 1.43. The second-order valence-electron chi connectivity index (χ2n) is 3.98. The first-order chi connectivity index (χ1) is 8.63. The summed E-state index contributed by atoms with van der Waals surface area (Å²) in [5.74, 6) is -0.0566. The number of benzene rings is 1. The first-order valence-electron chi connectivity index (χ1n) is 5.61. The van der Waals surface area contributed by atoms with Crippen molar-refractivity contribution >= 4 is 34.1 Å². The van der Waals surface area contributed by atoms with Crippen molar-refractivity contribution in [2.24, 2.45) is 4.99 Å². The van der Waals surface area contributed by atoms with E-state index in [9.17, 15) is 4.79 Å². The van der Waals surface area contributed by atoms with Crippen LogP contribution >= 0.6 is 11.3 Å². The minimum Gasteiger partial charge on any atom is -0.318 e. The Morgan fingerprint density at radius 3 is 2.61 bits per heavy atom. The summed E-state index contributed by atoms with van der Waals surface area (Å²) in [4.78, 5) is 16.3. The van der Waals surface area contributed by atoms with Crippen LogP contribution in [0.4, 0.5) is 10.7 Å². The SMILES string of the molecule is CC(=O)Nc1ccc(C=Nc2ccc(C)cc2)s1. The highest BCUT2D eigenvalue weighted by Crippen LogP contribution is 2.21. The number of amides is 1. The van der Waals surface area contributed by atoms with Crippen molar-refractivity contribution in [2.75, 3.05) is 5.32 Å². The third kappa shape index (κ3) is 3.53. The predicted molar refractivity (Wildman–Crippen MR) is 77.1 cm³/mol. The lowest BCUT2D eigenvalue weighted by Crippen LogP contribution is -2.03. The quantitative estimate of drug-likeness (QED) is 0.837. The third-order valence-corrected chi connectivity index (χ3v) is 3.24. The summed E-state index contributed by atoms with van der Waals surface area (Å²) in [5, 5.41) is 3.59. The van der Waals surface area contributed by atoms with Crippen LogP contribution in [0.15, 0.2) is 41.4 Å². The van der Waals surface area contributed by atoms with Crippen molar-refractivity contribution in [2.45, 2.75) is 13.8 Å². The normalized spacial score (nSPS) is 10.8. The predicted octanol–water partition coefficient (Wildman–Crippen LogP) is 3.77. The molecule has 92 valence electrons. The molecule has 1 aromatic carbocycles. The van der Waals surface area contributed by atoms with Crippen molar-refractivity contribution in [1.29, 1.82) is 0 Å². The molecule has 2 aromatic rings. The zero-order valence-electron chi connectivity index (χ0n) is 10.3. The van der Waals surface area contributed by atoms with Crippen molar-refractivity contribution < 1.29 is 4.79 Å². The van der Waals surface area contributed by atoms with Crippen LogP contribution in [0.2, 0.25) is 0 Å². The Morgan fingerprint density at radius 2 is 1.94 bits per heavy atom. The van der Waals surface area contributed by atoms with E-state index in [1.165, 1.54) is 23.8 Å². The molecule has 1 heterocycles. The van der Waals surface area contributed by atoms with Gasteiger partial charge in [-0.3, -0.25) is 9.79 Å². The summed E-state index contributed by atoms with van der Waals surface area (Å²) >= 11 is 1.50. The zero-order valence-corrected chi connectivity index (χ0v) is 11.1. The summed E-state index contributed by atoms with van der Waals surface area (Å²) in [7, 11) is 0. The van der Waals surface area contributed by atoms with Crippen LogP contribution in [0.5, 0.6) is 0 Å². The van der Waals surface area contributed by atoms with Crippen molar-refractivity contribution in [3.05, 3.63) is 46.8 Å². The second kappa shape index (κ2) is 5.60. The molecule has 0 aliphatic rings. The molecule has 18 heavy (non-hydrogen) atoms. The van der Waals surface area contributed by atoms with Crippen LogP contribution in [0.1, 0.15) is 17.4 Å². The van der Waals surface area contributed by atoms with E-state index < -0.39 is 0 Å². The molecule has 1 N–H and O–H groups in total. The number of hydrogen-bond donors (Lipinski definition) is 1. The molecule has 2 rings (SSSR count). The topological polar surface area (TPSA) is 41.5 Å². The number of anilines is 1. The number of thiophene rings is 1. The Balaban J connectivity index is 2.06. The van der Waals surface area contributed by atoms with Crippen LogP contribution in [0.25, 0.3) is 0 Å². The molecule has 0 saturated carbocycles. The Labute approximate surface area is 110 Å². The van der Waals surface area contributed by atoms with E-state index in [0.717, 1.165) is 15.6 Å². The first-order valence-corrected chi connectivity index (χ1v) is 6.43. The average Bonchev–Trinajstić information content (AvgIpc) is 2.75. The number of carbonyl (C=O) groups excluding carboxylic acids is 1. The van der Waals surface area contributed by atoms with E-state index in [1.807, 2.05) is 43.3 Å². The van der Waals surface area contributed by atoms with E-state index >= 15 is 0 Å². The van der Waals surface area contributed by atoms with Crippen LogP contribution < -0.4 is 5.32 Å². The number of aliphatic imine (C=N–C) groups is 1. The fourth-order valence-corrected chi connectivity index (χ4v) is 2.26. The number of nitrogens with zero attached hydrogens (tertiary/aromatic N) is 1. The molecule has 0 aliphatic heterocycles. The minimum absolute atomic E-state index is 0.0566. The third-order valence-electron chi connectivity index (χ3n) is 2.30. The lowest BCUT2D eigenvalue weighted by atomic mass is 10.2. The number of nitrogens with one attached hydrogen (secondary N) is 1. The van der Waals surface area contributed by atoms with Gasteiger partial charge in [0.15, 0.2) is 0 Å². The smallest absolute Gasteiger partial charge is 0.221 e. The standard InChI is InChI=1S/C14H14N2OS/c1-10-3-5-12(6-4-10)15-9-13-7-8-14(18-13)16-11(2)17/h3-9H,1-2H3,(H,16,17). The maximum Gasteiger partial charge on any atom is 0.221 e. The Bertz CT molecular complexity index is 570. The molecule has 0 aliphatic carbocycles. The summed E-state index contributed by atoms with van der Waals surface area (Å²) in [6.07, 6.45) is 1.81. The highest BCUT2D eigenvalue weighted by Gasteiger charge is 1.99. The molecule has 1 amide bonds. The lowest BCUT2D eigenvalue weighted by molar-refractivity contribution is -0.114. The number of carbonyl (C=O) groups is 1. The summed E-state index contributed by atoms with van der Waals surface area (Å²) in [6.45, 7) is 3.55. The minimum atomic E-state index is -0.0566. The number of rotatable bonds is 3. The molecule has 0 atom stereocenters. The maximum atomic E-state index is 10.9. The van der Waals surface area contributed by atoms with Gasteiger partial charge in [-0.2, -0.15) is 0 Å². The van der Waals surface area contributed by atoms with E-state index in [4.69, 9.17) is 0 Å². The molecule has 0 radical (unpaired) electrons. The molecular weight excluding hydrogens is 244 g/mol. The van der Waals surface area contributed by atoms with Gasteiger partial charge in [-0.1, -0.05) is 17.7 Å². The molecule has 3 nitrogen and oxygen atoms in total. The van der Waals surface area contributed by atoms with Gasteiger partial charge in [0.05, 0.1) is 10.7 Å². The highest BCUT2D eigenvalue weighted by molar-refractivity contribution is 7.17. The number of aryl methyl sites for hydroxylation is 1. The zero-order chi connectivity index (χ0) is 13.0. The van der Waals surface area contributed by atoms with E-state index in [0.29, 0.717) is 0 Å². The molecule has 0 unspecified atom stereocenters. The maximum absolute atomic E-state index is 10.9.